The highest BCUT2D eigenvalue weighted by Crippen LogP contribution is 2.49. The predicted octanol–water partition coefficient (Wildman–Crippen LogP) is 5.18. The maximum atomic E-state index is 11.9. The van der Waals surface area contributed by atoms with E-state index in [-0.39, 0.29) is 5.92 Å². The van der Waals surface area contributed by atoms with Crippen molar-refractivity contribution in [3.63, 3.8) is 0 Å². The van der Waals surface area contributed by atoms with Crippen LogP contribution >= 0.6 is 0 Å². The summed E-state index contributed by atoms with van der Waals surface area (Å²) >= 11 is 0. The van der Waals surface area contributed by atoms with Gasteiger partial charge in [0.1, 0.15) is 5.75 Å². The van der Waals surface area contributed by atoms with Gasteiger partial charge in [-0.1, -0.05) is 38.1 Å². The molecule has 0 aliphatic carbocycles. The van der Waals surface area contributed by atoms with Crippen molar-refractivity contribution in [2.45, 2.75) is 52.6 Å². The van der Waals surface area contributed by atoms with Crippen molar-refractivity contribution in [3.8, 4) is 5.75 Å². The average molecular weight is 383 g/mol. The number of benzene rings is 2. The number of hydrogen-bond acceptors (Lipinski definition) is 4. The number of carbonyl (C=O) groups excluding carboxylic acids is 1. The normalized spacial score (nSPS) is 16.5. The van der Waals surface area contributed by atoms with Crippen LogP contribution in [0.4, 0.5) is 10.5 Å². The quantitative estimate of drug-likeness (QED) is 0.763. The Bertz CT molecular complexity index is 885. The summed E-state index contributed by atoms with van der Waals surface area (Å²) in [5.41, 5.74) is 6.61. The smallest absolute Gasteiger partial charge is 0.411 e. The van der Waals surface area contributed by atoms with E-state index >= 15 is 0 Å². The molecule has 0 radical (unpaired) electrons. The second-order valence-electron chi connectivity index (χ2n) is 7.76. The standard InChI is InChI=1S/C23H29NO4/c1-12(2)16-7-9-17(10-8-16)18-11-28-22-19(15(5)25)13(3)21(14(4)20(18)22)24-23(26)27-6/h7-10,12,15,18,25H,11H2,1-6H3,(H,24,26)/t15-,18-/m0/s1. The Morgan fingerprint density at radius 2 is 1.82 bits per heavy atom. The molecule has 3 rings (SSSR count). The summed E-state index contributed by atoms with van der Waals surface area (Å²) in [4.78, 5) is 11.9. The summed E-state index contributed by atoms with van der Waals surface area (Å²) in [6.07, 6.45) is -1.24. The van der Waals surface area contributed by atoms with E-state index in [0.717, 1.165) is 28.0 Å². The number of fused-ring (bicyclic) bond motifs is 1. The van der Waals surface area contributed by atoms with Crippen molar-refractivity contribution < 1.29 is 19.4 Å². The molecule has 2 aromatic carbocycles. The molecule has 2 aromatic rings. The van der Waals surface area contributed by atoms with Crippen LogP contribution in [0.25, 0.3) is 0 Å². The van der Waals surface area contributed by atoms with Gasteiger partial charge in [0.15, 0.2) is 0 Å². The monoisotopic (exact) mass is 383 g/mol. The van der Waals surface area contributed by atoms with Gasteiger partial charge in [-0.25, -0.2) is 4.79 Å². The molecule has 0 unspecified atom stereocenters. The first-order valence-corrected chi connectivity index (χ1v) is 9.68. The largest absolute Gasteiger partial charge is 0.492 e. The van der Waals surface area contributed by atoms with Crippen molar-refractivity contribution in [1.82, 2.24) is 0 Å². The summed E-state index contributed by atoms with van der Waals surface area (Å²) in [5.74, 6) is 1.26. The van der Waals surface area contributed by atoms with Gasteiger partial charge in [0.05, 0.1) is 25.5 Å². The molecule has 1 amide bonds. The number of aliphatic hydroxyl groups excluding tert-OH is 1. The third-order valence-electron chi connectivity index (χ3n) is 5.63. The number of hydrogen-bond donors (Lipinski definition) is 2. The van der Waals surface area contributed by atoms with Crippen molar-refractivity contribution >= 4 is 11.8 Å². The van der Waals surface area contributed by atoms with Crippen molar-refractivity contribution in [2.24, 2.45) is 0 Å². The fraction of sp³-hybridized carbons (Fsp3) is 0.435. The lowest BCUT2D eigenvalue weighted by molar-refractivity contribution is 0.186. The number of rotatable bonds is 4. The maximum absolute atomic E-state index is 11.9. The van der Waals surface area contributed by atoms with Gasteiger partial charge in [0.2, 0.25) is 0 Å². The summed E-state index contributed by atoms with van der Waals surface area (Å²) < 4.78 is 10.9. The zero-order valence-electron chi connectivity index (χ0n) is 17.4. The predicted molar refractivity (Wildman–Crippen MR) is 110 cm³/mol. The van der Waals surface area contributed by atoms with E-state index < -0.39 is 12.2 Å². The summed E-state index contributed by atoms with van der Waals surface area (Å²) in [7, 11) is 1.34. The lowest BCUT2D eigenvalue weighted by atomic mass is 9.84. The van der Waals surface area contributed by atoms with E-state index in [1.165, 1.54) is 12.7 Å². The number of ether oxygens (including phenoxy) is 2. The molecule has 0 bridgehead atoms. The van der Waals surface area contributed by atoms with Gasteiger partial charge >= 0.3 is 6.09 Å². The highest BCUT2D eigenvalue weighted by Gasteiger charge is 2.34. The Morgan fingerprint density at radius 1 is 1.18 bits per heavy atom. The van der Waals surface area contributed by atoms with Crippen molar-refractivity contribution in [1.29, 1.82) is 0 Å². The van der Waals surface area contributed by atoms with Crippen LogP contribution in [0.1, 0.15) is 72.1 Å². The van der Waals surface area contributed by atoms with Gasteiger partial charge in [-0.15, -0.1) is 0 Å². The SMILES string of the molecule is COC(=O)Nc1c(C)c2c(c([C@H](C)O)c1C)OC[C@H]2c1ccc(C(C)C)cc1. The molecule has 150 valence electrons. The van der Waals surface area contributed by atoms with Crippen LogP contribution < -0.4 is 10.1 Å². The van der Waals surface area contributed by atoms with Gasteiger partial charge in [-0.05, 0) is 48.9 Å². The average Bonchev–Trinajstić information content (AvgIpc) is 3.09. The molecule has 5 heteroatoms. The third-order valence-corrected chi connectivity index (χ3v) is 5.63. The van der Waals surface area contributed by atoms with Crippen molar-refractivity contribution in [2.75, 3.05) is 19.0 Å². The second kappa shape index (κ2) is 7.84. The number of carbonyl (C=O) groups is 1. The molecular formula is C23H29NO4. The maximum Gasteiger partial charge on any atom is 0.411 e. The molecule has 1 aliphatic rings. The van der Waals surface area contributed by atoms with Crippen molar-refractivity contribution in [3.05, 3.63) is 57.6 Å². The van der Waals surface area contributed by atoms with Gasteiger partial charge in [0.25, 0.3) is 0 Å². The number of amides is 1. The fourth-order valence-electron chi connectivity index (χ4n) is 4.08. The van der Waals surface area contributed by atoms with Crippen LogP contribution in [-0.2, 0) is 4.74 Å². The lowest BCUT2D eigenvalue weighted by Crippen LogP contribution is -2.15. The highest BCUT2D eigenvalue weighted by atomic mass is 16.5. The van der Waals surface area contributed by atoms with E-state index in [1.807, 2.05) is 13.8 Å². The molecule has 0 aromatic heterocycles. The van der Waals surface area contributed by atoms with E-state index in [2.05, 4.69) is 43.4 Å². The Labute approximate surface area is 166 Å². The van der Waals surface area contributed by atoms with Crippen LogP contribution in [0.5, 0.6) is 5.75 Å². The molecule has 0 fully saturated rings. The lowest BCUT2D eigenvalue weighted by Gasteiger charge is -2.22. The van der Waals surface area contributed by atoms with Gasteiger partial charge in [-0.3, -0.25) is 5.32 Å². The fourth-order valence-corrected chi connectivity index (χ4v) is 4.08. The molecular weight excluding hydrogens is 354 g/mol. The van der Waals surface area contributed by atoms with Crippen LogP contribution in [0, 0.1) is 13.8 Å². The van der Waals surface area contributed by atoms with Crippen LogP contribution in [0.2, 0.25) is 0 Å². The summed E-state index contributed by atoms with van der Waals surface area (Å²) in [6, 6.07) is 8.61. The molecule has 0 saturated heterocycles. The number of nitrogens with one attached hydrogen (secondary N) is 1. The van der Waals surface area contributed by atoms with Gasteiger partial charge in [0, 0.05) is 17.0 Å². The minimum Gasteiger partial charge on any atom is -0.492 e. The zero-order valence-corrected chi connectivity index (χ0v) is 17.4. The van der Waals surface area contributed by atoms with Crippen LogP contribution in [0.3, 0.4) is 0 Å². The first-order chi connectivity index (χ1) is 13.3. The minimum absolute atomic E-state index is 0.0486. The topological polar surface area (TPSA) is 67.8 Å². The van der Waals surface area contributed by atoms with Gasteiger partial charge < -0.3 is 14.6 Å². The molecule has 28 heavy (non-hydrogen) atoms. The Morgan fingerprint density at radius 3 is 2.36 bits per heavy atom. The number of methoxy groups -OCH3 is 1. The Kier molecular flexibility index (Phi) is 5.66. The first-order valence-electron chi connectivity index (χ1n) is 9.68. The zero-order chi connectivity index (χ0) is 20.6. The molecule has 2 atom stereocenters. The number of anilines is 1. The van der Waals surface area contributed by atoms with E-state index in [9.17, 15) is 9.90 Å². The van der Waals surface area contributed by atoms with Crippen LogP contribution in [-0.4, -0.2) is 24.9 Å². The molecule has 5 nitrogen and oxygen atoms in total. The third kappa shape index (κ3) is 3.47. The minimum atomic E-state index is -0.713. The molecule has 0 spiro atoms. The van der Waals surface area contributed by atoms with E-state index in [4.69, 9.17) is 9.47 Å². The Hall–Kier alpha value is -2.53. The molecule has 1 aliphatic heterocycles. The molecule has 1 heterocycles. The molecule has 0 saturated carbocycles. The number of aliphatic hydroxyl groups is 1. The summed E-state index contributed by atoms with van der Waals surface area (Å²) in [6.45, 7) is 10.4. The van der Waals surface area contributed by atoms with Crippen LogP contribution in [0.15, 0.2) is 24.3 Å². The molecule has 2 N–H and O–H groups in total. The first kappa shape index (κ1) is 20.2. The van der Waals surface area contributed by atoms with Gasteiger partial charge in [-0.2, -0.15) is 0 Å². The van der Waals surface area contributed by atoms with E-state index in [1.54, 1.807) is 6.92 Å². The highest BCUT2D eigenvalue weighted by molar-refractivity contribution is 5.88. The van der Waals surface area contributed by atoms with E-state index in [0.29, 0.717) is 23.8 Å². The Balaban J connectivity index is 2.15. The summed E-state index contributed by atoms with van der Waals surface area (Å²) in [5, 5.41) is 13.2. The second-order valence-corrected chi connectivity index (χ2v) is 7.76.